The summed E-state index contributed by atoms with van der Waals surface area (Å²) in [5.74, 6) is -0.0656. The molecule has 0 aliphatic rings. The third-order valence-corrected chi connectivity index (χ3v) is 4.89. The fourth-order valence-electron chi connectivity index (χ4n) is 3.42. The second kappa shape index (κ2) is 6.71. The van der Waals surface area contributed by atoms with Gasteiger partial charge in [-0.2, -0.15) is 5.26 Å². The molecule has 0 saturated heterocycles. The van der Waals surface area contributed by atoms with E-state index in [1.54, 1.807) is 12.1 Å². The van der Waals surface area contributed by atoms with Gasteiger partial charge in [-0.3, -0.25) is 4.79 Å². The van der Waals surface area contributed by atoms with Crippen molar-refractivity contribution < 1.29 is 9.21 Å². The molecule has 0 atom stereocenters. The van der Waals surface area contributed by atoms with E-state index in [0.717, 1.165) is 22.3 Å². The molecular weight excluding hydrogens is 348 g/mol. The summed E-state index contributed by atoms with van der Waals surface area (Å²) in [5, 5.41) is 9.81. The molecule has 1 aromatic heterocycles. The normalized spacial score (nSPS) is 10.8. The molecule has 1 heterocycles. The van der Waals surface area contributed by atoms with Crippen LogP contribution in [0.2, 0.25) is 0 Å². The van der Waals surface area contributed by atoms with Gasteiger partial charge in [0.05, 0.1) is 17.3 Å². The molecule has 4 aromatic rings. The molecule has 0 spiro atoms. The number of nitrogens with zero attached hydrogens (tertiary/aromatic N) is 1. The van der Waals surface area contributed by atoms with Gasteiger partial charge < -0.3 is 10.2 Å². The highest BCUT2D eigenvalue weighted by Crippen LogP contribution is 2.34. The maximum absolute atomic E-state index is 13.0. The van der Waals surface area contributed by atoms with Crippen LogP contribution < -0.4 is 5.73 Å². The number of ketones is 1. The first kappa shape index (κ1) is 17.6. The maximum atomic E-state index is 13.0. The molecule has 2 N–H and O–H groups in total. The fourth-order valence-corrected chi connectivity index (χ4v) is 3.42. The number of fused-ring (bicyclic) bond motifs is 1. The Bertz CT molecular complexity index is 1280. The van der Waals surface area contributed by atoms with Crippen LogP contribution in [-0.4, -0.2) is 5.78 Å². The quantitative estimate of drug-likeness (QED) is 0.492. The Labute approximate surface area is 162 Å². The van der Waals surface area contributed by atoms with E-state index in [0.29, 0.717) is 27.8 Å². The van der Waals surface area contributed by atoms with Crippen LogP contribution in [0, 0.1) is 25.2 Å². The number of nitrogens with two attached hydrogens (primary N) is 1. The van der Waals surface area contributed by atoms with Crippen LogP contribution in [0.25, 0.3) is 22.1 Å². The van der Waals surface area contributed by atoms with Gasteiger partial charge in [0.15, 0.2) is 5.76 Å². The van der Waals surface area contributed by atoms with Crippen LogP contribution in [-0.2, 0) is 0 Å². The van der Waals surface area contributed by atoms with Crippen molar-refractivity contribution in [3.8, 4) is 17.2 Å². The molecule has 4 rings (SSSR count). The smallest absolute Gasteiger partial charge is 0.230 e. The van der Waals surface area contributed by atoms with Crippen molar-refractivity contribution in [1.82, 2.24) is 0 Å². The number of nitriles is 1. The highest BCUT2D eigenvalue weighted by Gasteiger charge is 2.21. The summed E-state index contributed by atoms with van der Waals surface area (Å²) in [7, 11) is 0. The maximum Gasteiger partial charge on any atom is 0.230 e. The molecule has 3 aromatic carbocycles. The lowest BCUT2D eigenvalue weighted by atomic mass is 9.99. The Morgan fingerprint density at radius 3 is 2.54 bits per heavy atom. The highest BCUT2D eigenvalue weighted by molar-refractivity contribution is 6.15. The molecule has 0 unspecified atom stereocenters. The van der Waals surface area contributed by atoms with Crippen molar-refractivity contribution in [2.45, 2.75) is 13.8 Å². The number of nitrogen functional groups attached to an aromatic ring is 1. The van der Waals surface area contributed by atoms with Crippen LogP contribution in [0.5, 0.6) is 0 Å². The molecule has 4 nitrogen and oxygen atoms in total. The number of hydrogen-bond donors (Lipinski definition) is 1. The Morgan fingerprint density at radius 2 is 1.79 bits per heavy atom. The van der Waals surface area contributed by atoms with Crippen molar-refractivity contribution in [1.29, 1.82) is 5.26 Å². The summed E-state index contributed by atoms with van der Waals surface area (Å²) in [5.41, 5.74) is 12.1. The first-order valence-corrected chi connectivity index (χ1v) is 8.92. The Morgan fingerprint density at radius 1 is 1.00 bits per heavy atom. The van der Waals surface area contributed by atoms with E-state index in [9.17, 15) is 4.79 Å². The average molecular weight is 366 g/mol. The fraction of sp³-hybridized carbons (Fsp3) is 0.0833. The lowest BCUT2D eigenvalue weighted by Crippen LogP contribution is -2.05. The Kier molecular flexibility index (Phi) is 4.21. The van der Waals surface area contributed by atoms with E-state index in [-0.39, 0.29) is 11.5 Å². The minimum atomic E-state index is -0.223. The zero-order valence-electron chi connectivity index (χ0n) is 15.6. The number of rotatable bonds is 3. The van der Waals surface area contributed by atoms with Gasteiger partial charge in [-0.05, 0) is 54.8 Å². The predicted molar refractivity (Wildman–Crippen MR) is 110 cm³/mol. The largest absolute Gasteiger partial charge is 0.450 e. The van der Waals surface area contributed by atoms with Gasteiger partial charge >= 0.3 is 0 Å². The summed E-state index contributed by atoms with van der Waals surface area (Å²) >= 11 is 0. The number of carbonyl (C=O) groups is 1. The van der Waals surface area contributed by atoms with E-state index in [1.165, 1.54) is 0 Å². The van der Waals surface area contributed by atoms with Crippen LogP contribution in [0.4, 0.5) is 5.69 Å². The molecular formula is C24H18N2O2. The molecule has 0 fully saturated rings. The number of furan rings is 1. The number of aryl methyl sites for hydroxylation is 2. The van der Waals surface area contributed by atoms with Crippen LogP contribution in [0.15, 0.2) is 65.1 Å². The first-order valence-electron chi connectivity index (χ1n) is 8.92. The molecule has 0 bridgehead atoms. The number of hydrogen-bond acceptors (Lipinski definition) is 4. The molecule has 0 aliphatic carbocycles. The topological polar surface area (TPSA) is 80.0 Å². The number of benzene rings is 3. The summed E-state index contributed by atoms with van der Waals surface area (Å²) in [4.78, 5) is 13.0. The van der Waals surface area contributed by atoms with Gasteiger partial charge in [-0.15, -0.1) is 0 Å². The number of anilines is 1. The van der Waals surface area contributed by atoms with Gasteiger partial charge in [0.2, 0.25) is 5.78 Å². The van der Waals surface area contributed by atoms with Gasteiger partial charge in [0, 0.05) is 10.9 Å². The van der Waals surface area contributed by atoms with E-state index in [4.69, 9.17) is 15.4 Å². The Hall–Kier alpha value is -3.84. The van der Waals surface area contributed by atoms with E-state index >= 15 is 0 Å². The molecule has 0 radical (unpaired) electrons. The standard InChI is InChI=1S/C24H18N2O2/c1-14-6-8-19(15(2)10-14)23(27)24-22(26)20-9-7-18(12-21(20)28-24)17-5-3-4-16(11-17)13-25/h3-12H,26H2,1-2H3. The van der Waals surface area contributed by atoms with E-state index in [1.807, 2.05) is 62.4 Å². The van der Waals surface area contributed by atoms with Crippen LogP contribution in [0.3, 0.4) is 0 Å². The predicted octanol–water partition coefficient (Wildman–Crippen LogP) is 5.40. The summed E-state index contributed by atoms with van der Waals surface area (Å²) in [6.07, 6.45) is 0. The van der Waals surface area contributed by atoms with Gasteiger partial charge in [0.1, 0.15) is 5.58 Å². The second-order valence-electron chi connectivity index (χ2n) is 6.90. The number of carbonyl (C=O) groups excluding carboxylic acids is 1. The van der Waals surface area contributed by atoms with E-state index in [2.05, 4.69) is 6.07 Å². The highest BCUT2D eigenvalue weighted by atomic mass is 16.3. The zero-order valence-corrected chi connectivity index (χ0v) is 15.6. The minimum absolute atomic E-state index is 0.157. The molecule has 28 heavy (non-hydrogen) atoms. The molecule has 4 heteroatoms. The Balaban J connectivity index is 1.80. The van der Waals surface area contributed by atoms with Crippen LogP contribution in [0.1, 0.15) is 32.8 Å². The lowest BCUT2D eigenvalue weighted by molar-refractivity contribution is 0.101. The summed E-state index contributed by atoms with van der Waals surface area (Å²) in [6.45, 7) is 3.89. The third kappa shape index (κ3) is 2.93. The van der Waals surface area contributed by atoms with Crippen molar-refractivity contribution in [2.75, 3.05) is 5.73 Å². The first-order chi connectivity index (χ1) is 13.5. The average Bonchev–Trinajstić information content (AvgIpc) is 3.03. The SMILES string of the molecule is Cc1ccc(C(=O)c2oc3cc(-c4cccc(C#N)c4)ccc3c2N)c(C)c1. The summed E-state index contributed by atoms with van der Waals surface area (Å²) in [6, 6.07) is 20.8. The van der Waals surface area contributed by atoms with Crippen molar-refractivity contribution in [2.24, 2.45) is 0 Å². The molecule has 0 aliphatic heterocycles. The zero-order chi connectivity index (χ0) is 19.8. The van der Waals surface area contributed by atoms with Crippen molar-refractivity contribution in [3.05, 3.63) is 88.7 Å². The third-order valence-electron chi connectivity index (χ3n) is 4.89. The minimum Gasteiger partial charge on any atom is -0.450 e. The molecule has 136 valence electrons. The summed E-state index contributed by atoms with van der Waals surface area (Å²) < 4.78 is 5.88. The van der Waals surface area contributed by atoms with Crippen molar-refractivity contribution in [3.63, 3.8) is 0 Å². The van der Waals surface area contributed by atoms with Crippen molar-refractivity contribution >= 4 is 22.4 Å². The van der Waals surface area contributed by atoms with Gasteiger partial charge in [0.25, 0.3) is 0 Å². The van der Waals surface area contributed by atoms with E-state index < -0.39 is 0 Å². The lowest BCUT2D eigenvalue weighted by Gasteiger charge is -2.04. The second-order valence-corrected chi connectivity index (χ2v) is 6.90. The van der Waals surface area contributed by atoms with Gasteiger partial charge in [-0.1, -0.05) is 42.0 Å². The monoisotopic (exact) mass is 366 g/mol. The van der Waals surface area contributed by atoms with Crippen LogP contribution >= 0.6 is 0 Å². The van der Waals surface area contributed by atoms with Gasteiger partial charge in [-0.25, -0.2) is 0 Å². The molecule has 0 saturated carbocycles. The molecule has 0 amide bonds.